The van der Waals surface area contributed by atoms with E-state index in [1.54, 1.807) is 29.7 Å². The van der Waals surface area contributed by atoms with E-state index in [4.69, 9.17) is 4.42 Å². The van der Waals surface area contributed by atoms with Gasteiger partial charge in [-0.3, -0.25) is 4.90 Å². The lowest BCUT2D eigenvalue weighted by Crippen LogP contribution is -2.22. The van der Waals surface area contributed by atoms with Crippen LogP contribution in [0.15, 0.2) is 57.4 Å². The Morgan fingerprint density at radius 3 is 2.56 bits per heavy atom. The van der Waals surface area contributed by atoms with Crippen molar-refractivity contribution in [2.75, 3.05) is 13.3 Å². The summed E-state index contributed by atoms with van der Waals surface area (Å²) in [6.07, 6.45) is 2.86. The van der Waals surface area contributed by atoms with Crippen molar-refractivity contribution >= 4 is 21.2 Å². The fourth-order valence-corrected chi connectivity index (χ4v) is 3.94. The van der Waals surface area contributed by atoms with Gasteiger partial charge >= 0.3 is 0 Å². The molecule has 1 aromatic carbocycles. The summed E-state index contributed by atoms with van der Waals surface area (Å²) in [5.41, 5.74) is 2.05. The summed E-state index contributed by atoms with van der Waals surface area (Å²) < 4.78 is 28.5. The molecule has 25 heavy (non-hydrogen) atoms. The summed E-state index contributed by atoms with van der Waals surface area (Å²) in [6, 6.07) is 10.9. The van der Waals surface area contributed by atoms with Gasteiger partial charge in [-0.2, -0.15) is 0 Å². The van der Waals surface area contributed by atoms with E-state index >= 15 is 0 Å². The summed E-state index contributed by atoms with van der Waals surface area (Å²) in [4.78, 5) is 7.14. The highest BCUT2D eigenvalue weighted by molar-refractivity contribution is 7.90. The number of sulfone groups is 1. The van der Waals surface area contributed by atoms with Gasteiger partial charge in [0, 0.05) is 24.2 Å². The molecule has 0 amide bonds. The molecule has 1 atom stereocenters. The minimum absolute atomic E-state index is 0.141. The Labute approximate surface area is 151 Å². The molecule has 0 N–H and O–H groups in total. The van der Waals surface area contributed by atoms with E-state index in [1.807, 2.05) is 36.7 Å². The third-order valence-corrected chi connectivity index (χ3v) is 6.18. The number of hydrogen-bond acceptors (Lipinski definition) is 6. The second-order valence-corrected chi connectivity index (χ2v) is 8.93. The summed E-state index contributed by atoms with van der Waals surface area (Å²) >= 11 is 1.56. The Morgan fingerprint density at radius 1 is 1.24 bits per heavy atom. The maximum atomic E-state index is 11.6. The van der Waals surface area contributed by atoms with Crippen LogP contribution in [-0.2, 0) is 16.4 Å². The van der Waals surface area contributed by atoms with Gasteiger partial charge in [0.1, 0.15) is 0 Å². The Balaban J connectivity index is 1.69. The van der Waals surface area contributed by atoms with Crippen LogP contribution < -0.4 is 0 Å². The molecule has 0 aliphatic carbocycles. The summed E-state index contributed by atoms with van der Waals surface area (Å²) in [7, 11) is -1.14. The monoisotopic (exact) mass is 376 g/mol. The molecule has 0 spiro atoms. The molecule has 7 heteroatoms. The molecule has 0 fully saturated rings. The van der Waals surface area contributed by atoms with Gasteiger partial charge in [0.05, 0.1) is 16.9 Å². The van der Waals surface area contributed by atoms with Crippen molar-refractivity contribution < 1.29 is 12.8 Å². The molecule has 132 valence electrons. The van der Waals surface area contributed by atoms with E-state index in [1.165, 1.54) is 6.26 Å². The van der Waals surface area contributed by atoms with Crippen LogP contribution >= 0.6 is 11.3 Å². The van der Waals surface area contributed by atoms with Crippen LogP contribution in [-0.4, -0.2) is 31.6 Å². The first-order valence-corrected chi connectivity index (χ1v) is 10.6. The fourth-order valence-electron chi connectivity index (χ4n) is 2.53. The zero-order valence-electron chi connectivity index (χ0n) is 14.3. The summed E-state index contributed by atoms with van der Waals surface area (Å²) in [5, 5.41) is 2.91. The highest BCUT2D eigenvalue weighted by Gasteiger charge is 2.15. The van der Waals surface area contributed by atoms with Crippen molar-refractivity contribution in [2.45, 2.75) is 24.4 Å². The Bertz CT molecular complexity index is 929. The number of rotatable bonds is 6. The maximum absolute atomic E-state index is 11.6. The van der Waals surface area contributed by atoms with Gasteiger partial charge in [0.2, 0.25) is 0 Å². The second-order valence-electron chi connectivity index (χ2n) is 6.05. The topological polar surface area (TPSA) is 63.4 Å². The third kappa shape index (κ3) is 4.18. The third-order valence-electron chi connectivity index (χ3n) is 4.15. The predicted molar refractivity (Wildman–Crippen MR) is 99.2 cm³/mol. The van der Waals surface area contributed by atoms with Crippen LogP contribution in [0.25, 0.3) is 10.8 Å². The van der Waals surface area contributed by atoms with Gasteiger partial charge < -0.3 is 4.42 Å². The number of nitrogens with zero attached hydrogens (tertiary/aromatic N) is 2. The van der Waals surface area contributed by atoms with E-state index in [0.717, 1.165) is 22.0 Å². The molecule has 5 nitrogen and oxygen atoms in total. The van der Waals surface area contributed by atoms with Crippen molar-refractivity contribution in [3.8, 4) is 10.8 Å². The van der Waals surface area contributed by atoms with Crippen LogP contribution in [0.5, 0.6) is 0 Å². The number of hydrogen-bond donors (Lipinski definition) is 0. The van der Waals surface area contributed by atoms with Crippen molar-refractivity contribution in [1.29, 1.82) is 0 Å². The number of furan rings is 1. The summed E-state index contributed by atoms with van der Waals surface area (Å²) in [5.74, 6) is 0.781. The SMILES string of the molecule is CC(c1ccc(S(C)(=O)=O)cc1)N(C)Cc1csc(-c2ccco2)n1. The first-order chi connectivity index (χ1) is 11.8. The predicted octanol–water partition coefficient (Wildman–Crippen LogP) is 4.00. The molecule has 0 saturated carbocycles. The normalized spacial score (nSPS) is 13.3. The smallest absolute Gasteiger partial charge is 0.175 e. The van der Waals surface area contributed by atoms with Crippen molar-refractivity contribution in [2.24, 2.45) is 0 Å². The number of aromatic nitrogens is 1. The first-order valence-electron chi connectivity index (χ1n) is 7.83. The van der Waals surface area contributed by atoms with Crippen LogP contribution in [0, 0.1) is 0 Å². The Kier molecular flexibility index (Phi) is 5.08. The molecule has 0 aliphatic rings. The van der Waals surface area contributed by atoms with Gasteiger partial charge in [-0.05, 0) is 43.8 Å². The van der Waals surface area contributed by atoms with Crippen molar-refractivity contribution in [3.63, 3.8) is 0 Å². The highest BCUT2D eigenvalue weighted by atomic mass is 32.2. The van der Waals surface area contributed by atoms with Crippen molar-refractivity contribution in [3.05, 3.63) is 59.3 Å². The molecule has 3 aromatic rings. The lowest BCUT2D eigenvalue weighted by Gasteiger charge is -2.24. The molecule has 1 unspecified atom stereocenters. The van der Waals surface area contributed by atoms with E-state index in [0.29, 0.717) is 11.4 Å². The largest absolute Gasteiger partial charge is 0.462 e. The quantitative estimate of drug-likeness (QED) is 0.651. The second kappa shape index (κ2) is 7.11. The zero-order valence-corrected chi connectivity index (χ0v) is 16.0. The average Bonchev–Trinajstić information content (AvgIpc) is 3.24. The lowest BCUT2D eigenvalue weighted by atomic mass is 10.1. The van der Waals surface area contributed by atoms with Crippen LogP contribution in [0.1, 0.15) is 24.2 Å². The minimum atomic E-state index is -3.16. The van der Waals surface area contributed by atoms with E-state index in [-0.39, 0.29) is 6.04 Å². The van der Waals surface area contributed by atoms with E-state index < -0.39 is 9.84 Å². The van der Waals surface area contributed by atoms with E-state index in [9.17, 15) is 8.42 Å². The van der Waals surface area contributed by atoms with Crippen LogP contribution in [0.2, 0.25) is 0 Å². The van der Waals surface area contributed by atoms with Gasteiger partial charge in [0.25, 0.3) is 0 Å². The highest BCUT2D eigenvalue weighted by Crippen LogP contribution is 2.26. The number of thiazole rings is 1. The standard InChI is InChI=1S/C18H20N2O3S2/c1-13(14-6-8-16(9-7-14)25(3,21)22)20(2)11-15-12-24-18(19-15)17-5-4-10-23-17/h4-10,12-13H,11H2,1-3H3. The molecule has 0 aliphatic heterocycles. The van der Waals surface area contributed by atoms with Crippen LogP contribution in [0.3, 0.4) is 0 Å². The van der Waals surface area contributed by atoms with Crippen LogP contribution in [0.4, 0.5) is 0 Å². The van der Waals surface area contributed by atoms with E-state index in [2.05, 4.69) is 16.8 Å². The maximum Gasteiger partial charge on any atom is 0.175 e. The molecule has 2 heterocycles. The molecule has 2 aromatic heterocycles. The molecular formula is C18H20N2O3S2. The molecule has 0 bridgehead atoms. The zero-order chi connectivity index (χ0) is 18.0. The fraction of sp³-hybridized carbons (Fsp3) is 0.278. The van der Waals surface area contributed by atoms with Gasteiger partial charge in [-0.15, -0.1) is 11.3 Å². The Hall–Kier alpha value is -1.96. The lowest BCUT2D eigenvalue weighted by molar-refractivity contribution is 0.250. The summed E-state index contributed by atoms with van der Waals surface area (Å²) in [6.45, 7) is 2.79. The van der Waals surface area contributed by atoms with Gasteiger partial charge in [0.15, 0.2) is 20.6 Å². The molecule has 0 radical (unpaired) electrons. The van der Waals surface area contributed by atoms with Gasteiger partial charge in [-0.1, -0.05) is 12.1 Å². The molecular weight excluding hydrogens is 356 g/mol. The first kappa shape index (κ1) is 17.8. The molecule has 0 saturated heterocycles. The van der Waals surface area contributed by atoms with Crippen molar-refractivity contribution in [1.82, 2.24) is 9.88 Å². The Morgan fingerprint density at radius 2 is 1.96 bits per heavy atom. The minimum Gasteiger partial charge on any atom is -0.462 e. The number of benzene rings is 1. The average molecular weight is 377 g/mol. The molecule has 3 rings (SSSR count). The van der Waals surface area contributed by atoms with Gasteiger partial charge in [-0.25, -0.2) is 13.4 Å².